The summed E-state index contributed by atoms with van der Waals surface area (Å²) in [6.07, 6.45) is 3.66. The molecule has 0 bridgehead atoms. The molecule has 5 rings (SSSR count). The second kappa shape index (κ2) is 16.9. The van der Waals surface area contributed by atoms with Gasteiger partial charge < -0.3 is 23.8 Å². The van der Waals surface area contributed by atoms with Crippen molar-refractivity contribution in [2.75, 3.05) is 30.9 Å². The second-order valence-electron chi connectivity index (χ2n) is 14.4. The van der Waals surface area contributed by atoms with E-state index >= 15 is 0 Å². The highest BCUT2D eigenvalue weighted by atomic mass is 32.2. The number of nitrogens with zero attached hydrogens (tertiary/aromatic N) is 1. The number of benzene rings is 3. The predicted molar refractivity (Wildman–Crippen MR) is 197 cm³/mol. The highest BCUT2D eigenvalue weighted by Crippen LogP contribution is 2.47. The lowest BCUT2D eigenvalue weighted by Crippen LogP contribution is -2.55. The summed E-state index contributed by atoms with van der Waals surface area (Å²) >= 11 is 0. The van der Waals surface area contributed by atoms with Crippen LogP contribution in [0.3, 0.4) is 0 Å². The number of amides is 1. The zero-order valence-corrected chi connectivity index (χ0v) is 31.7. The molecule has 2 fully saturated rings. The first-order valence-corrected chi connectivity index (χ1v) is 19.8. The topological polar surface area (TPSA) is 138 Å². The lowest BCUT2D eigenvalue weighted by Gasteiger charge is -2.48. The third-order valence-corrected chi connectivity index (χ3v) is 10.4. The molecular formula is C40H49FN2O9S. The first-order chi connectivity index (χ1) is 25.0. The first kappa shape index (κ1) is 40.0. The standard InChI is InChI=1S/C40H49FN2O9S/c1-27(44)51-36(31-14-16-33(41)17-15-31)21-20-35-37(43(38(35)46)34-18-10-29(11-19-34)7-6-24-42-53(5,47)48)32-12-8-30(9-13-32)22-23-40(52-28(2)45)25-49-39(3,4)50-26-40/h8-19,35-37,42H,6-7,20-26H2,1-5H3/t35-,36+,37-/m1/s1. The second-order valence-corrected chi connectivity index (χ2v) is 16.3. The molecule has 2 saturated heterocycles. The van der Waals surface area contributed by atoms with Gasteiger partial charge in [-0.1, -0.05) is 48.5 Å². The minimum atomic E-state index is -3.25. The molecule has 1 amide bonds. The van der Waals surface area contributed by atoms with E-state index in [9.17, 15) is 27.2 Å². The van der Waals surface area contributed by atoms with Gasteiger partial charge in [0.15, 0.2) is 11.4 Å². The molecule has 2 aliphatic rings. The van der Waals surface area contributed by atoms with Crippen LogP contribution in [-0.4, -0.2) is 63.7 Å². The average molecular weight is 753 g/mol. The van der Waals surface area contributed by atoms with Crippen LogP contribution in [0.4, 0.5) is 10.1 Å². The van der Waals surface area contributed by atoms with Crippen molar-refractivity contribution in [3.8, 4) is 0 Å². The number of sulfonamides is 1. The number of ether oxygens (including phenoxy) is 4. The summed E-state index contributed by atoms with van der Waals surface area (Å²) in [4.78, 5) is 39.7. The number of β-lactam (4-membered cyclic amide) rings is 1. The largest absolute Gasteiger partial charge is 0.458 e. The Balaban J connectivity index is 1.34. The van der Waals surface area contributed by atoms with E-state index in [1.165, 1.54) is 26.0 Å². The van der Waals surface area contributed by atoms with Gasteiger partial charge in [0.2, 0.25) is 15.9 Å². The van der Waals surface area contributed by atoms with Crippen LogP contribution in [-0.2, 0) is 56.2 Å². The summed E-state index contributed by atoms with van der Waals surface area (Å²) in [6, 6.07) is 21.2. The summed E-state index contributed by atoms with van der Waals surface area (Å²) in [6.45, 7) is 7.12. The number of rotatable bonds is 16. The highest BCUT2D eigenvalue weighted by Gasteiger charge is 2.49. The zero-order chi connectivity index (χ0) is 38.4. The van der Waals surface area contributed by atoms with Crippen LogP contribution in [0.15, 0.2) is 72.8 Å². The highest BCUT2D eigenvalue weighted by molar-refractivity contribution is 7.88. The van der Waals surface area contributed by atoms with E-state index in [4.69, 9.17) is 18.9 Å². The fraction of sp³-hybridized carbons (Fsp3) is 0.475. The molecule has 11 nitrogen and oxygen atoms in total. The van der Waals surface area contributed by atoms with Crippen molar-refractivity contribution in [3.05, 3.63) is 101 Å². The smallest absolute Gasteiger partial charge is 0.303 e. The molecular weight excluding hydrogens is 704 g/mol. The quantitative estimate of drug-likeness (QED) is 0.104. The number of hydrogen-bond acceptors (Lipinski definition) is 9. The molecule has 2 heterocycles. The Kier molecular flexibility index (Phi) is 12.7. The van der Waals surface area contributed by atoms with E-state index in [-0.39, 0.29) is 25.2 Å². The molecule has 0 aromatic heterocycles. The normalized spacial score (nSPS) is 20.0. The first-order valence-electron chi connectivity index (χ1n) is 17.9. The van der Waals surface area contributed by atoms with Crippen molar-refractivity contribution < 1.29 is 46.1 Å². The Morgan fingerprint density at radius 2 is 1.53 bits per heavy atom. The third kappa shape index (κ3) is 10.9. The van der Waals surface area contributed by atoms with Crippen LogP contribution in [0, 0.1) is 11.7 Å². The number of carbonyl (C=O) groups excluding carboxylic acids is 3. The summed E-state index contributed by atoms with van der Waals surface area (Å²) in [7, 11) is -3.25. The van der Waals surface area contributed by atoms with Crippen LogP contribution in [0.25, 0.3) is 0 Å². The van der Waals surface area contributed by atoms with Crippen LogP contribution in [0.1, 0.15) is 87.8 Å². The predicted octanol–water partition coefficient (Wildman–Crippen LogP) is 6.11. The summed E-state index contributed by atoms with van der Waals surface area (Å²) in [5.74, 6) is -2.50. The molecule has 2 aliphatic heterocycles. The minimum absolute atomic E-state index is 0.0617. The van der Waals surface area contributed by atoms with Crippen molar-refractivity contribution in [1.29, 1.82) is 0 Å². The molecule has 1 N–H and O–H groups in total. The van der Waals surface area contributed by atoms with Crippen molar-refractivity contribution in [2.45, 2.75) is 89.8 Å². The molecule has 3 aromatic rings. The molecule has 0 unspecified atom stereocenters. The Bertz CT molecular complexity index is 1840. The van der Waals surface area contributed by atoms with Gasteiger partial charge in [0.05, 0.1) is 31.4 Å². The van der Waals surface area contributed by atoms with E-state index in [0.717, 1.165) is 28.6 Å². The van der Waals surface area contributed by atoms with Crippen LogP contribution in [0.5, 0.6) is 0 Å². The molecule has 53 heavy (non-hydrogen) atoms. The Morgan fingerprint density at radius 3 is 2.11 bits per heavy atom. The molecule has 0 radical (unpaired) electrons. The van der Waals surface area contributed by atoms with Gasteiger partial charge in [0.25, 0.3) is 0 Å². The van der Waals surface area contributed by atoms with E-state index in [1.54, 1.807) is 17.0 Å². The van der Waals surface area contributed by atoms with Gasteiger partial charge in [-0.3, -0.25) is 14.4 Å². The zero-order valence-electron chi connectivity index (χ0n) is 30.9. The SMILES string of the molecule is CC(=O)O[C@@H](CC[C@H]1C(=O)N(c2ccc(CCCNS(C)(=O)=O)cc2)[C@@H]1c1ccc(CCC2(OC(C)=O)COC(C)(C)OC2)cc1)c1ccc(F)cc1. The number of anilines is 1. The molecule has 13 heteroatoms. The lowest BCUT2D eigenvalue weighted by atomic mass is 9.78. The van der Waals surface area contributed by atoms with Gasteiger partial charge in [0.1, 0.15) is 11.9 Å². The average Bonchev–Trinajstić information content (AvgIpc) is 3.09. The number of esters is 2. The third-order valence-electron chi connectivity index (χ3n) is 9.64. The van der Waals surface area contributed by atoms with E-state index < -0.39 is 51.2 Å². The van der Waals surface area contributed by atoms with Gasteiger partial charge in [-0.25, -0.2) is 17.5 Å². The summed E-state index contributed by atoms with van der Waals surface area (Å²) in [5.41, 5.74) is 3.44. The van der Waals surface area contributed by atoms with E-state index in [0.29, 0.717) is 50.6 Å². The number of nitrogens with one attached hydrogen (secondary N) is 1. The number of carbonyl (C=O) groups is 3. The van der Waals surface area contributed by atoms with Gasteiger partial charge >= 0.3 is 11.9 Å². The molecule has 3 aromatic carbocycles. The van der Waals surface area contributed by atoms with E-state index in [2.05, 4.69) is 4.72 Å². The van der Waals surface area contributed by atoms with Crippen molar-refractivity contribution in [1.82, 2.24) is 4.72 Å². The fourth-order valence-electron chi connectivity index (χ4n) is 6.88. The van der Waals surface area contributed by atoms with Gasteiger partial charge in [-0.15, -0.1) is 0 Å². The summed E-state index contributed by atoms with van der Waals surface area (Å²) < 4.78 is 62.0. The van der Waals surface area contributed by atoms with Crippen LogP contribution >= 0.6 is 0 Å². The van der Waals surface area contributed by atoms with Crippen LogP contribution < -0.4 is 9.62 Å². The summed E-state index contributed by atoms with van der Waals surface area (Å²) in [5, 5.41) is 0. The van der Waals surface area contributed by atoms with Crippen molar-refractivity contribution >= 4 is 33.6 Å². The molecule has 0 spiro atoms. The van der Waals surface area contributed by atoms with Crippen molar-refractivity contribution in [3.63, 3.8) is 0 Å². The number of hydrogen-bond donors (Lipinski definition) is 1. The maximum atomic E-state index is 13.9. The Labute approximate surface area is 311 Å². The van der Waals surface area contributed by atoms with Crippen molar-refractivity contribution in [2.24, 2.45) is 5.92 Å². The monoisotopic (exact) mass is 752 g/mol. The minimum Gasteiger partial charge on any atom is -0.458 e. The Hall–Kier alpha value is -4.17. The molecule has 0 aliphatic carbocycles. The number of aryl methyl sites for hydroxylation is 2. The maximum Gasteiger partial charge on any atom is 0.303 e. The van der Waals surface area contributed by atoms with E-state index in [1.807, 2.05) is 62.4 Å². The van der Waals surface area contributed by atoms with Gasteiger partial charge in [-0.2, -0.15) is 0 Å². The molecule has 3 atom stereocenters. The molecule has 286 valence electrons. The molecule has 0 saturated carbocycles. The fourth-order valence-corrected chi connectivity index (χ4v) is 7.40. The maximum absolute atomic E-state index is 13.9. The van der Waals surface area contributed by atoms with Gasteiger partial charge in [0, 0.05) is 26.1 Å². The van der Waals surface area contributed by atoms with Gasteiger partial charge in [-0.05, 0) is 98.9 Å². The lowest BCUT2D eigenvalue weighted by molar-refractivity contribution is -0.305. The Morgan fingerprint density at radius 1 is 0.925 bits per heavy atom. The number of halogens is 1. The van der Waals surface area contributed by atoms with Crippen LogP contribution in [0.2, 0.25) is 0 Å².